The molecule has 0 aromatic heterocycles. The van der Waals surface area contributed by atoms with E-state index >= 15 is 0 Å². The predicted octanol–water partition coefficient (Wildman–Crippen LogP) is 2.67. The molecule has 1 aromatic carbocycles. The molecule has 1 aliphatic rings. The van der Waals surface area contributed by atoms with Crippen molar-refractivity contribution in [1.29, 1.82) is 0 Å². The van der Waals surface area contributed by atoms with Crippen molar-refractivity contribution < 1.29 is 9.47 Å². The number of ether oxygens (including phenoxy) is 2. The molecule has 1 fully saturated rings. The summed E-state index contributed by atoms with van der Waals surface area (Å²) in [4.78, 5) is 0. The van der Waals surface area contributed by atoms with Crippen molar-refractivity contribution in [1.82, 2.24) is 0 Å². The molecule has 1 N–H and O–H groups in total. The minimum Gasteiger partial charge on any atom is -0.497 e. The van der Waals surface area contributed by atoms with Crippen LogP contribution < -0.4 is 10.1 Å². The fraction of sp³-hybridized carbons (Fsp3) is 0.538. The molecule has 1 heterocycles. The molecule has 0 saturated carbocycles. The zero-order valence-electron chi connectivity index (χ0n) is 9.90. The molecular formula is C13H19NO2. The molecule has 2 unspecified atom stereocenters. The van der Waals surface area contributed by atoms with Crippen LogP contribution in [0.5, 0.6) is 5.75 Å². The van der Waals surface area contributed by atoms with Gasteiger partial charge in [0.25, 0.3) is 0 Å². The van der Waals surface area contributed by atoms with E-state index in [1.807, 2.05) is 24.3 Å². The molecular weight excluding hydrogens is 202 g/mol. The molecule has 16 heavy (non-hydrogen) atoms. The highest BCUT2D eigenvalue weighted by Gasteiger charge is 2.21. The first-order valence-electron chi connectivity index (χ1n) is 5.82. The number of hydrogen-bond donors (Lipinski definition) is 1. The standard InChI is InChI=1S/C13H19NO2/c1-10(13-4-3-9-16-13)14-11-5-7-12(15-2)8-6-11/h5-8,10,13-14H,3-4,9H2,1-2H3. The maximum atomic E-state index is 5.64. The number of hydrogen-bond acceptors (Lipinski definition) is 3. The SMILES string of the molecule is COc1ccc(NC(C)C2CCCO2)cc1. The molecule has 0 aliphatic carbocycles. The number of benzene rings is 1. The fourth-order valence-electron chi connectivity index (χ4n) is 2.04. The average Bonchev–Trinajstić information content (AvgIpc) is 2.83. The number of rotatable bonds is 4. The average molecular weight is 221 g/mol. The lowest BCUT2D eigenvalue weighted by atomic mass is 10.1. The minimum atomic E-state index is 0.349. The lowest BCUT2D eigenvalue weighted by Gasteiger charge is -2.21. The fourth-order valence-corrected chi connectivity index (χ4v) is 2.04. The summed E-state index contributed by atoms with van der Waals surface area (Å²) < 4.78 is 10.8. The summed E-state index contributed by atoms with van der Waals surface area (Å²) in [6, 6.07) is 8.35. The van der Waals surface area contributed by atoms with Gasteiger partial charge in [0.05, 0.1) is 13.2 Å². The van der Waals surface area contributed by atoms with Gasteiger partial charge in [-0.3, -0.25) is 0 Å². The third-order valence-corrected chi connectivity index (χ3v) is 3.01. The van der Waals surface area contributed by atoms with E-state index in [2.05, 4.69) is 12.2 Å². The van der Waals surface area contributed by atoms with Gasteiger partial charge in [0, 0.05) is 18.3 Å². The Morgan fingerprint density at radius 3 is 2.69 bits per heavy atom. The van der Waals surface area contributed by atoms with Crippen LogP contribution in [0.25, 0.3) is 0 Å². The first-order chi connectivity index (χ1) is 7.79. The van der Waals surface area contributed by atoms with Crippen LogP contribution in [0.3, 0.4) is 0 Å². The molecule has 88 valence electrons. The molecule has 0 radical (unpaired) electrons. The van der Waals surface area contributed by atoms with Gasteiger partial charge in [0.1, 0.15) is 5.75 Å². The van der Waals surface area contributed by atoms with Crippen molar-refractivity contribution in [2.45, 2.75) is 31.9 Å². The predicted molar refractivity (Wildman–Crippen MR) is 65.1 cm³/mol. The van der Waals surface area contributed by atoms with Gasteiger partial charge >= 0.3 is 0 Å². The number of methoxy groups -OCH3 is 1. The van der Waals surface area contributed by atoms with Crippen LogP contribution in [0.1, 0.15) is 19.8 Å². The van der Waals surface area contributed by atoms with Crippen LogP contribution in [-0.4, -0.2) is 25.9 Å². The van der Waals surface area contributed by atoms with Crippen LogP contribution in [0.4, 0.5) is 5.69 Å². The normalized spacial score (nSPS) is 21.8. The van der Waals surface area contributed by atoms with E-state index < -0.39 is 0 Å². The second-order valence-electron chi connectivity index (χ2n) is 4.21. The number of nitrogens with one attached hydrogen (secondary N) is 1. The van der Waals surface area contributed by atoms with Crippen molar-refractivity contribution in [3.8, 4) is 5.75 Å². The lowest BCUT2D eigenvalue weighted by molar-refractivity contribution is 0.0996. The van der Waals surface area contributed by atoms with Crippen LogP contribution in [-0.2, 0) is 4.74 Å². The van der Waals surface area contributed by atoms with E-state index in [9.17, 15) is 0 Å². The maximum Gasteiger partial charge on any atom is 0.119 e. The number of anilines is 1. The Labute approximate surface area is 96.8 Å². The molecule has 0 bridgehead atoms. The second-order valence-corrected chi connectivity index (χ2v) is 4.21. The van der Waals surface area contributed by atoms with Crippen molar-refractivity contribution in [3.05, 3.63) is 24.3 Å². The Hall–Kier alpha value is -1.22. The van der Waals surface area contributed by atoms with Crippen LogP contribution in [0.2, 0.25) is 0 Å². The quantitative estimate of drug-likeness (QED) is 0.848. The third kappa shape index (κ3) is 2.67. The van der Waals surface area contributed by atoms with Crippen LogP contribution in [0.15, 0.2) is 24.3 Å². The summed E-state index contributed by atoms with van der Waals surface area (Å²) in [5.74, 6) is 0.885. The Bertz CT molecular complexity index is 317. The van der Waals surface area contributed by atoms with E-state index in [0.717, 1.165) is 24.5 Å². The topological polar surface area (TPSA) is 30.5 Å². The largest absolute Gasteiger partial charge is 0.497 e. The zero-order valence-corrected chi connectivity index (χ0v) is 9.90. The van der Waals surface area contributed by atoms with Crippen LogP contribution in [0, 0.1) is 0 Å². The molecule has 0 spiro atoms. The van der Waals surface area contributed by atoms with Gasteiger partial charge in [-0.05, 0) is 44.0 Å². The minimum absolute atomic E-state index is 0.349. The molecule has 1 aromatic rings. The van der Waals surface area contributed by atoms with Gasteiger partial charge in [-0.15, -0.1) is 0 Å². The van der Waals surface area contributed by atoms with Gasteiger partial charge in [-0.1, -0.05) is 0 Å². The highest BCUT2D eigenvalue weighted by molar-refractivity contribution is 5.47. The van der Waals surface area contributed by atoms with Gasteiger partial charge in [0.15, 0.2) is 0 Å². The first kappa shape index (κ1) is 11.3. The molecule has 2 rings (SSSR count). The highest BCUT2D eigenvalue weighted by Crippen LogP contribution is 2.20. The summed E-state index contributed by atoms with van der Waals surface area (Å²) in [5.41, 5.74) is 1.11. The molecule has 1 aliphatic heterocycles. The van der Waals surface area contributed by atoms with E-state index in [1.165, 1.54) is 6.42 Å². The van der Waals surface area contributed by atoms with E-state index in [1.54, 1.807) is 7.11 Å². The monoisotopic (exact) mass is 221 g/mol. The second kappa shape index (κ2) is 5.21. The van der Waals surface area contributed by atoms with E-state index in [-0.39, 0.29) is 0 Å². The summed E-state index contributed by atoms with van der Waals surface area (Å²) >= 11 is 0. The smallest absolute Gasteiger partial charge is 0.119 e. The lowest BCUT2D eigenvalue weighted by Crippen LogP contribution is -2.29. The van der Waals surface area contributed by atoms with Gasteiger partial charge in [-0.25, -0.2) is 0 Å². The first-order valence-corrected chi connectivity index (χ1v) is 5.82. The maximum absolute atomic E-state index is 5.64. The Morgan fingerprint density at radius 2 is 2.12 bits per heavy atom. The molecule has 3 heteroatoms. The molecule has 2 atom stereocenters. The Balaban J connectivity index is 1.92. The van der Waals surface area contributed by atoms with Gasteiger partial charge in [-0.2, -0.15) is 0 Å². The van der Waals surface area contributed by atoms with E-state index in [0.29, 0.717) is 12.1 Å². The third-order valence-electron chi connectivity index (χ3n) is 3.01. The van der Waals surface area contributed by atoms with Crippen molar-refractivity contribution in [2.24, 2.45) is 0 Å². The zero-order chi connectivity index (χ0) is 11.4. The molecule has 0 amide bonds. The highest BCUT2D eigenvalue weighted by atomic mass is 16.5. The van der Waals surface area contributed by atoms with Gasteiger partial charge in [0.2, 0.25) is 0 Å². The Morgan fingerprint density at radius 1 is 1.38 bits per heavy atom. The summed E-state index contributed by atoms with van der Waals surface area (Å²) in [7, 11) is 1.68. The van der Waals surface area contributed by atoms with Crippen LogP contribution >= 0.6 is 0 Å². The van der Waals surface area contributed by atoms with Gasteiger partial charge < -0.3 is 14.8 Å². The van der Waals surface area contributed by atoms with Crippen molar-refractivity contribution in [3.63, 3.8) is 0 Å². The van der Waals surface area contributed by atoms with E-state index in [4.69, 9.17) is 9.47 Å². The van der Waals surface area contributed by atoms with Crippen molar-refractivity contribution >= 4 is 5.69 Å². The summed E-state index contributed by atoms with van der Waals surface area (Å²) in [6.45, 7) is 3.07. The summed E-state index contributed by atoms with van der Waals surface area (Å²) in [6.07, 6.45) is 2.69. The van der Waals surface area contributed by atoms with Crippen molar-refractivity contribution in [2.75, 3.05) is 19.0 Å². The summed E-state index contributed by atoms with van der Waals surface area (Å²) in [5, 5.41) is 3.45. The molecule has 3 nitrogen and oxygen atoms in total. The molecule has 1 saturated heterocycles. The Kier molecular flexibility index (Phi) is 3.67.